The van der Waals surface area contributed by atoms with Gasteiger partial charge in [0, 0.05) is 16.9 Å². The third-order valence-electron chi connectivity index (χ3n) is 3.79. The van der Waals surface area contributed by atoms with E-state index in [1.807, 2.05) is 41.5 Å². The molecule has 0 spiro atoms. The van der Waals surface area contributed by atoms with Crippen molar-refractivity contribution in [3.05, 3.63) is 16.7 Å². The molecule has 0 radical (unpaired) electrons. The highest BCUT2D eigenvalue weighted by Crippen LogP contribution is 2.36. The number of hydrogen-bond donors (Lipinski definition) is 0. The van der Waals surface area contributed by atoms with Crippen LogP contribution in [0.3, 0.4) is 0 Å². The van der Waals surface area contributed by atoms with Crippen molar-refractivity contribution < 1.29 is 9.31 Å². The molecule has 6 heteroatoms. The van der Waals surface area contributed by atoms with E-state index in [4.69, 9.17) is 20.9 Å². The van der Waals surface area contributed by atoms with Crippen molar-refractivity contribution in [1.29, 1.82) is 0 Å². The topological polar surface area (TPSA) is 44.2 Å². The molecule has 0 atom stereocenters. The molecule has 1 aromatic rings. The minimum absolute atomic E-state index is 0.255. The highest BCUT2D eigenvalue weighted by Gasteiger charge is 2.52. The summed E-state index contributed by atoms with van der Waals surface area (Å²) in [6.45, 7) is 11.9. The number of hydrogen-bond acceptors (Lipinski definition) is 4. The van der Waals surface area contributed by atoms with Gasteiger partial charge in [-0.1, -0.05) is 0 Å². The molecule has 4 nitrogen and oxygen atoms in total. The van der Waals surface area contributed by atoms with Gasteiger partial charge in [-0.25, -0.2) is 9.97 Å². The first-order chi connectivity index (χ1) is 8.14. The molecule has 1 aromatic heterocycles. The second kappa shape index (κ2) is 4.18. The fourth-order valence-electron chi connectivity index (χ4n) is 1.99. The Labute approximate surface area is 113 Å². The van der Waals surface area contributed by atoms with Crippen LogP contribution in [0.4, 0.5) is 0 Å². The van der Waals surface area contributed by atoms with Crippen LogP contribution >= 0.6 is 11.6 Å². The van der Waals surface area contributed by atoms with E-state index in [-0.39, 0.29) is 16.5 Å². The Morgan fingerprint density at radius 1 is 0.944 bits per heavy atom. The Bertz CT molecular complexity index is 452. The third-order valence-corrected chi connectivity index (χ3v) is 3.96. The molecule has 0 bridgehead atoms. The maximum Gasteiger partial charge on any atom is 0.498 e. The average molecular weight is 269 g/mol. The molecule has 98 valence electrons. The Hall–Kier alpha value is -0.645. The van der Waals surface area contributed by atoms with Crippen LogP contribution in [0.2, 0.25) is 5.28 Å². The summed E-state index contributed by atoms with van der Waals surface area (Å²) in [6.07, 6.45) is 0. The van der Waals surface area contributed by atoms with Gasteiger partial charge in [-0.05, 0) is 53.1 Å². The summed E-state index contributed by atoms with van der Waals surface area (Å²) < 4.78 is 12.0. The quantitative estimate of drug-likeness (QED) is 0.577. The molecule has 18 heavy (non-hydrogen) atoms. The van der Waals surface area contributed by atoms with Gasteiger partial charge in [-0.3, -0.25) is 0 Å². The van der Waals surface area contributed by atoms with Crippen LogP contribution in [-0.4, -0.2) is 28.3 Å². The Kier molecular flexibility index (Phi) is 3.20. The van der Waals surface area contributed by atoms with Gasteiger partial charge < -0.3 is 9.31 Å². The molecule has 0 saturated carbocycles. The molecule has 1 aliphatic rings. The monoisotopic (exact) mass is 268 g/mol. The smallest absolute Gasteiger partial charge is 0.399 e. The summed E-state index contributed by atoms with van der Waals surface area (Å²) in [5.41, 5.74) is 1.74. The minimum atomic E-state index is -0.438. The SMILES string of the molecule is Cc1nc(Cl)nc(C)c1B1OC(C)(C)C(C)(C)O1. The zero-order chi connectivity index (χ0) is 13.7. The van der Waals surface area contributed by atoms with E-state index in [0.717, 1.165) is 16.9 Å². The summed E-state index contributed by atoms with van der Waals surface area (Å²) in [7, 11) is -0.438. The van der Waals surface area contributed by atoms with Crippen molar-refractivity contribution >= 4 is 24.2 Å². The van der Waals surface area contributed by atoms with E-state index in [9.17, 15) is 0 Å². The molecule has 0 aromatic carbocycles. The summed E-state index contributed by atoms with van der Waals surface area (Å²) >= 11 is 5.84. The summed E-state index contributed by atoms with van der Waals surface area (Å²) in [4.78, 5) is 8.34. The number of rotatable bonds is 1. The van der Waals surface area contributed by atoms with E-state index in [2.05, 4.69) is 9.97 Å². The predicted octanol–water partition coefficient (Wildman–Crippen LogP) is 2.05. The molecular weight excluding hydrogens is 250 g/mol. The molecule has 0 N–H and O–H groups in total. The number of nitrogens with zero attached hydrogens (tertiary/aromatic N) is 2. The Balaban J connectivity index is 2.42. The average Bonchev–Trinajstić information content (AvgIpc) is 2.32. The van der Waals surface area contributed by atoms with E-state index < -0.39 is 7.12 Å². The predicted molar refractivity (Wildman–Crippen MR) is 72.2 cm³/mol. The highest BCUT2D eigenvalue weighted by molar-refractivity contribution is 6.63. The zero-order valence-electron chi connectivity index (χ0n) is 11.7. The van der Waals surface area contributed by atoms with Crippen LogP contribution in [0.25, 0.3) is 0 Å². The number of aromatic nitrogens is 2. The molecular formula is C12H18BClN2O2. The first-order valence-electron chi connectivity index (χ1n) is 6.00. The third kappa shape index (κ3) is 2.15. The lowest BCUT2D eigenvalue weighted by atomic mass is 9.77. The lowest BCUT2D eigenvalue weighted by molar-refractivity contribution is 0.00578. The van der Waals surface area contributed by atoms with Gasteiger partial charge in [-0.15, -0.1) is 0 Å². The van der Waals surface area contributed by atoms with Gasteiger partial charge in [0.1, 0.15) is 0 Å². The molecule has 0 aliphatic carbocycles. The maximum atomic E-state index is 6.01. The fourth-order valence-corrected chi connectivity index (χ4v) is 2.24. The van der Waals surface area contributed by atoms with Gasteiger partial charge in [0.2, 0.25) is 5.28 Å². The van der Waals surface area contributed by atoms with Crippen molar-refractivity contribution in [2.24, 2.45) is 0 Å². The van der Waals surface area contributed by atoms with Gasteiger partial charge in [-0.2, -0.15) is 0 Å². The molecule has 0 amide bonds. The molecule has 1 saturated heterocycles. The van der Waals surface area contributed by atoms with Gasteiger partial charge >= 0.3 is 7.12 Å². The number of aryl methyl sites for hydroxylation is 2. The second-order valence-electron chi connectivity index (χ2n) is 5.67. The molecule has 2 rings (SSSR count). The normalized spacial score (nSPS) is 21.4. The first kappa shape index (κ1) is 13.8. The van der Waals surface area contributed by atoms with Crippen LogP contribution in [0.15, 0.2) is 0 Å². The van der Waals surface area contributed by atoms with Crippen molar-refractivity contribution in [2.75, 3.05) is 0 Å². The largest absolute Gasteiger partial charge is 0.498 e. The molecule has 1 fully saturated rings. The zero-order valence-corrected chi connectivity index (χ0v) is 12.4. The molecule has 0 unspecified atom stereocenters. The van der Waals surface area contributed by atoms with Gasteiger partial charge in [0.25, 0.3) is 0 Å². The Morgan fingerprint density at radius 3 is 1.72 bits per heavy atom. The van der Waals surface area contributed by atoms with Crippen molar-refractivity contribution in [1.82, 2.24) is 9.97 Å². The molecule has 2 heterocycles. The van der Waals surface area contributed by atoms with Crippen molar-refractivity contribution in [3.63, 3.8) is 0 Å². The van der Waals surface area contributed by atoms with E-state index >= 15 is 0 Å². The van der Waals surface area contributed by atoms with E-state index in [1.54, 1.807) is 0 Å². The first-order valence-corrected chi connectivity index (χ1v) is 6.38. The van der Waals surface area contributed by atoms with Gasteiger partial charge in [0.15, 0.2) is 0 Å². The van der Waals surface area contributed by atoms with E-state index in [0.29, 0.717) is 0 Å². The van der Waals surface area contributed by atoms with Crippen molar-refractivity contribution in [3.8, 4) is 0 Å². The summed E-state index contributed by atoms with van der Waals surface area (Å²) in [5.74, 6) is 0. The Morgan fingerprint density at radius 2 is 1.33 bits per heavy atom. The lowest BCUT2D eigenvalue weighted by Crippen LogP contribution is -2.41. The van der Waals surface area contributed by atoms with E-state index in [1.165, 1.54) is 0 Å². The lowest BCUT2D eigenvalue weighted by Gasteiger charge is -2.32. The summed E-state index contributed by atoms with van der Waals surface area (Å²) in [6, 6.07) is 0. The van der Waals surface area contributed by atoms with Crippen LogP contribution in [0.5, 0.6) is 0 Å². The number of halogens is 1. The van der Waals surface area contributed by atoms with Crippen LogP contribution < -0.4 is 5.46 Å². The minimum Gasteiger partial charge on any atom is -0.399 e. The maximum absolute atomic E-state index is 6.01. The van der Waals surface area contributed by atoms with Crippen LogP contribution in [0.1, 0.15) is 39.1 Å². The standard InChI is InChI=1S/C12H18BClN2O2/c1-7-9(8(2)16-10(14)15-7)13-17-11(3,4)12(5,6)18-13/h1-6H3. The summed E-state index contributed by atoms with van der Waals surface area (Å²) in [5, 5.41) is 0.255. The van der Waals surface area contributed by atoms with Gasteiger partial charge in [0.05, 0.1) is 11.2 Å². The molecule has 1 aliphatic heterocycles. The van der Waals surface area contributed by atoms with Crippen molar-refractivity contribution in [2.45, 2.75) is 52.7 Å². The van der Waals surface area contributed by atoms with Crippen LogP contribution in [-0.2, 0) is 9.31 Å². The fraction of sp³-hybridized carbons (Fsp3) is 0.667. The van der Waals surface area contributed by atoms with Crippen LogP contribution in [0, 0.1) is 13.8 Å². The highest BCUT2D eigenvalue weighted by atomic mass is 35.5. The second-order valence-corrected chi connectivity index (χ2v) is 6.00.